The molecule has 2 aliphatic rings. The van der Waals surface area contributed by atoms with Gasteiger partial charge in [-0.2, -0.15) is 0 Å². The molecule has 0 aromatic carbocycles. The molecule has 1 aliphatic heterocycles. The summed E-state index contributed by atoms with van der Waals surface area (Å²) in [7, 11) is 0. The maximum atomic E-state index is 11.5. The lowest BCUT2D eigenvalue weighted by Crippen LogP contribution is -2.34. The number of carbonyl (C=O) groups is 3. The molecular formula is C14H17NO5. The Hall–Kier alpha value is -1.87. The molecule has 0 N–H and O–H groups in total. The first-order chi connectivity index (χ1) is 9.66. The van der Waals surface area contributed by atoms with Crippen LogP contribution in [0.4, 0.5) is 0 Å². The van der Waals surface area contributed by atoms with Crippen LogP contribution in [0.15, 0.2) is 0 Å². The SMILES string of the molecule is O=C(COC1C#CCCCCC1)ON1C(=O)CCC1=O. The summed E-state index contributed by atoms with van der Waals surface area (Å²) in [6.45, 7) is -0.309. The smallest absolute Gasteiger partial charge is 0.354 e. The summed E-state index contributed by atoms with van der Waals surface area (Å²) in [5, 5.41) is 0.523. The molecule has 2 rings (SSSR count). The van der Waals surface area contributed by atoms with E-state index in [0.717, 1.165) is 32.1 Å². The van der Waals surface area contributed by atoms with E-state index in [1.54, 1.807) is 0 Å². The van der Waals surface area contributed by atoms with E-state index in [1.165, 1.54) is 0 Å². The minimum Gasteiger partial charge on any atom is -0.354 e. The highest BCUT2D eigenvalue weighted by Gasteiger charge is 2.32. The van der Waals surface area contributed by atoms with E-state index in [0.29, 0.717) is 5.06 Å². The molecule has 0 aromatic rings. The van der Waals surface area contributed by atoms with Crippen LogP contribution in [0.5, 0.6) is 0 Å². The Morgan fingerprint density at radius 1 is 1.20 bits per heavy atom. The quantitative estimate of drug-likeness (QED) is 0.566. The highest BCUT2D eigenvalue weighted by Crippen LogP contribution is 2.13. The first kappa shape index (κ1) is 14.5. The van der Waals surface area contributed by atoms with Crippen LogP contribution in [0, 0.1) is 11.8 Å². The van der Waals surface area contributed by atoms with Gasteiger partial charge in [0.1, 0.15) is 12.7 Å². The van der Waals surface area contributed by atoms with E-state index < -0.39 is 17.8 Å². The van der Waals surface area contributed by atoms with Crippen molar-refractivity contribution >= 4 is 17.8 Å². The normalized spacial score (nSPS) is 22.8. The molecule has 0 radical (unpaired) electrons. The summed E-state index contributed by atoms with van der Waals surface area (Å²) >= 11 is 0. The van der Waals surface area contributed by atoms with Crippen molar-refractivity contribution in [2.75, 3.05) is 6.61 Å². The maximum Gasteiger partial charge on any atom is 0.358 e. The van der Waals surface area contributed by atoms with Crippen molar-refractivity contribution < 1.29 is 24.0 Å². The van der Waals surface area contributed by atoms with Gasteiger partial charge in [-0.1, -0.05) is 12.3 Å². The van der Waals surface area contributed by atoms with E-state index in [2.05, 4.69) is 11.8 Å². The average Bonchev–Trinajstić information content (AvgIpc) is 2.69. The molecule has 1 aliphatic carbocycles. The fourth-order valence-electron chi connectivity index (χ4n) is 2.06. The Balaban J connectivity index is 1.77. The molecule has 6 nitrogen and oxygen atoms in total. The molecule has 6 heteroatoms. The van der Waals surface area contributed by atoms with Gasteiger partial charge in [0.2, 0.25) is 0 Å². The Morgan fingerprint density at radius 2 is 1.95 bits per heavy atom. The minimum atomic E-state index is -0.752. The third kappa shape index (κ3) is 4.07. The van der Waals surface area contributed by atoms with Crippen molar-refractivity contribution in [1.82, 2.24) is 5.06 Å². The highest BCUT2D eigenvalue weighted by atomic mass is 16.7. The topological polar surface area (TPSA) is 72.9 Å². The second-order valence-corrected chi connectivity index (χ2v) is 4.77. The number of hydroxylamine groups is 2. The molecule has 0 bridgehead atoms. The zero-order chi connectivity index (χ0) is 14.4. The number of amides is 2. The van der Waals surface area contributed by atoms with Crippen LogP contribution in [0.1, 0.15) is 44.9 Å². The van der Waals surface area contributed by atoms with Crippen molar-refractivity contribution in [3.63, 3.8) is 0 Å². The molecule has 0 aromatic heterocycles. The molecule has 0 saturated carbocycles. The second-order valence-electron chi connectivity index (χ2n) is 4.77. The maximum absolute atomic E-state index is 11.5. The zero-order valence-electron chi connectivity index (χ0n) is 11.2. The monoisotopic (exact) mass is 279 g/mol. The fourth-order valence-corrected chi connectivity index (χ4v) is 2.06. The number of nitrogens with zero attached hydrogens (tertiary/aromatic N) is 1. The van der Waals surface area contributed by atoms with E-state index in [-0.39, 0.29) is 25.6 Å². The standard InChI is InChI=1S/C14H17NO5/c16-12-8-9-13(17)15(12)20-14(18)10-19-11-6-4-2-1-3-5-7-11/h11H,1-4,6,8-10H2. The molecule has 1 unspecified atom stereocenters. The number of imide groups is 1. The molecule has 1 saturated heterocycles. The van der Waals surface area contributed by atoms with Crippen molar-refractivity contribution in [1.29, 1.82) is 0 Å². The Labute approximate surface area is 117 Å². The van der Waals surface area contributed by atoms with Gasteiger partial charge < -0.3 is 9.57 Å². The first-order valence-corrected chi connectivity index (χ1v) is 6.83. The summed E-state index contributed by atoms with van der Waals surface area (Å²) in [5.74, 6) is 4.23. The average molecular weight is 279 g/mol. The Bertz CT molecular complexity index is 446. The van der Waals surface area contributed by atoms with Crippen LogP contribution in [0.2, 0.25) is 0 Å². The van der Waals surface area contributed by atoms with E-state index in [9.17, 15) is 14.4 Å². The van der Waals surface area contributed by atoms with Crippen LogP contribution in [0.25, 0.3) is 0 Å². The van der Waals surface area contributed by atoms with Crippen molar-refractivity contribution in [3.8, 4) is 11.8 Å². The number of ether oxygens (including phenoxy) is 1. The van der Waals surface area contributed by atoms with Crippen LogP contribution < -0.4 is 0 Å². The summed E-state index contributed by atoms with van der Waals surface area (Å²) in [6, 6.07) is 0. The van der Waals surface area contributed by atoms with Crippen LogP contribution in [-0.4, -0.2) is 35.6 Å². The molecule has 1 atom stereocenters. The Kier molecular flexibility index (Phi) is 5.13. The van der Waals surface area contributed by atoms with Crippen molar-refractivity contribution in [2.45, 2.75) is 51.0 Å². The van der Waals surface area contributed by atoms with Crippen LogP contribution >= 0.6 is 0 Å². The molecule has 108 valence electrons. The van der Waals surface area contributed by atoms with Gasteiger partial charge in [0.25, 0.3) is 11.8 Å². The third-order valence-corrected chi connectivity index (χ3v) is 3.13. The number of hydrogen-bond acceptors (Lipinski definition) is 5. The summed E-state index contributed by atoms with van der Waals surface area (Å²) in [5.41, 5.74) is 0. The van der Waals surface area contributed by atoms with Gasteiger partial charge in [0.05, 0.1) is 0 Å². The highest BCUT2D eigenvalue weighted by molar-refractivity contribution is 6.01. The minimum absolute atomic E-state index is 0.0844. The number of hydrogen-bond donors (Lipinski definition) is 0. The summed E-state index contributed by atoms with van der Waals surface area (Å²) in [4.78, 5) is 38.8. The van der Waals surface area contributed by atoms with Gasteiger partial charge in [0.15, 0.2) is 0 Å². The molecule has 1 fully saturated rings. The number of carbonyl (C=O) groups excluding carboxylic acids is 3. The van der Waals surface area contributed by atoms with Gasteiger partial charge in [-0.05, 0) is 19.3 Å². The lowest BCUT2D eigenvalue weighted by Gasteiger charge is -2.15. The molecule has 1 heterocycles. The first-order valence-electron chi connectivity index (χ1n) is 6.83. The van der Waals surface area contributed by atoms with Crippen LogP contribution in [-0.2, 0) is 24.0 Å². The van der Waals surface area contributed by atoms with Crippen molar-refractivity contribution in [3.05, 3.63) is 0 Å². The third-order valence-electron chi connectivity index (χ3n) is 3.13. The Morgan fingerprint density at radius 3 is 2.70 bits per heavy atom. The summed E-state index contributed by atoms with van der Waals surface area (Å²) in [6.07, 6.45) is 4.73. The van der Waals surface area contributed by atoms with Gasteiger partial charge in [-0.25, -0.2) is 4.79 Å². The largest absolute Gasteiger partial charge is 0.358 e. The molecule has 2 amide bonds. The fraction of sp³-hybridized carbons (Fsp3) is 0.643. The van der Waals surface area contributed by atoms with Gasteiger partial charge >= 0.3 is 5.97 Å². The zero-order valence-corrected chi connectivity index (χ0v) is 11.2. The van der Waals surface area contributed by atoms with Crippen LogP contribution in [0.3, 0.4) is 0 Å². The van der Waals surface area contributed by atoms with Gasteiger partial charge in [-0.15, -0.1) is 11.0 Å². The number of rotatable bonds is 4. The van der Waals surface area contributed by atoms with E-state index in [4.69, 9.17) is 9.57 Å². The second kappa shape index (κ2) is 7.06. The molecule has 0 spiro atoms. The molecule has 20 heavy (non-hydrogen) atoms. The van der Waals surface area contributed by atoms with E-state index in [1.807, 2.05) is 0 Å². The summed E-state index contributed by atoms with van der Waals surface area (Å²) < 4.78 is 5.36. The van der Waals surface area contributed by atoms with Crippen molar-refractivity contribution in [2.24, 2.45) is 0 Å². The van der Waals surface area contributed by atoms with Gasteiger partial charge in [-0.3, -0.25) is 9.59 Å². The molecular weight excluding hydrogens is 262 g/mol. The predicted octanol–water partition coefficient (Wildman–Crippen LogP) is 0.946. The van der Waals surface area contributed by atoms with E-state index >= 15 is 0 Å². The van der Waals surface area contributed by atoms with Gasteiger partial charge in [0, 0.05) is 19.3 Å². The lowest BCUT2D eigenvalue weighted by molar-refractivity contribution is -0.200. The predicted molar refractivity (Wildman–Crippen MR) is 67.8 cm³/mol. The lowest BCUT2D eigenvalue weighted by atomic mass is 10.1.